The van der Waals surface area contributed by atoms with Gasteiger partial charge in [0.15, 0.2) is 0 Å². The fourth-order valence-corrected chi connectivity index (χ4v) is 1.62. The first kappa shape index (κ1) is 16.3. The smallest absolute Gasteiger partial charge is 0.326 e. The SMILES string of the molecule is COc1ccc(C(=O)N[C@@H](CC(N)=O)C(=O)O)c(OC)c1. The first-order valence-corrected chi connectivity index (χ1v) is 5.93. The number of methoxy groups -OCH3 is 2. The lowest BCUT2D eigenvalue weighted by Crippen LogP contribution is -2.43. The molecule has 0 fully saturated rings. The second-order valence-electron chi connectivity index (χ2n) is 4.10. The predicted molar refractivity (Wildman–Crippen MR) is 72.2 cm³/mol. The van der Waals surface area contributed by atoms with E-state index in [0.717, 1.165) is 0 Å². The lowest BCUT2D eigenvalue weighted by Gasteiger charge is -2.15. The van der Waals surface area contributed by atoms with Crippen molar-refractivity contribution in [3.8, 4) is 11.5 Å². The molecule has 2 amide bonds. The molecular formula is C13H16N2O6. The highest BCUT2D eigenvalue weighted by atomic mass is 16.5. The number of nitrogens with one attached hydrogen (secondary N) is 1. The van der Waals surface area contributed by atoms with Crippen molar-refractivity contribution in [2.24, 2.45) is 5.73 Å². The third kappa shape index (κ3) is 4.37. The van der Waals surface area contributed by atoms with Gasteiger partial charge in [-0.3, -0.25) is 9.59 Å². The van der Waals surface area contributed by atoms with Gasteiger partial charge < -0.3 is 25.6 Å². The van der Waals surface area contributed by atoms with Crippen molar-refractivity contribution in [2.75, 3.05) is 14.2 Å². The van der Waals surface area contributed by atoms with Gasteiger partial charge in [0.2, 0.25) is 5.91 Å². The van der Waals surface area contributed by atoms with Gasteiger partial charge in [0.05, 0.1) is 26.2 Å². The fourth-order valence-electron chi connectivity index (χ4n) is 1.62. The fraction of sp³-hybridized carbons (Fsp3) is 0.308. The molecule has 8 heteroatoms. The van der Waals surface area contributed by atoms with Gasteiger partial charge in [-0.1, -0.05) is 0 Å². The monoisotopic (exact) mass is 296 g/mol. The number of hydrogen-bond acceptors (Lipinski definition) is 5. The van der Waals surface area contributed by atoms with Crippen LogP contribution in [0.5, 0.6) is 11.5 Å². The van der Waals surface area contributed by atoms with E-state index < -0.39 is 30.2 Å². The molecule has 0 spiro atoms. The summed E-state index contributed by atoms with van der Waals surface area (Å²) in [5.74, 6) is -2.17. The largest absolute Gasteiger partial charge is 0.497 e. The third-order valence-electron chi connectivity index (χ3n) is 2.66. The van der Waals surface area contributed by atoms with E-state index in [2.05, 4.69) is 5.32 Å². The van der Waals surface area contributed by atoms with E-state index in [4.69, 9.17) is 20.3 Å². The lowest BCUT2D eigenvalue weighted by molar-refractivity contribution is -0.140. The Balaban J connectivity index is 2.96. The summed E-state index contributed by atoms with van der Waals surface area (Å²) in [7, 11) is 2.82. The van der Waals surface area contributed by atoms with Crippen LogP contribution in [0.25, 0.3) is 0 Å². The number of carbonyl (C=O) groups is 3. The standard InChI is InChI=1S/C13H16N2O6/c1-20-7-3-4-8(10(5-7)21-2)12(17)15-9(13(18)19)6-11(14)16/h3-5,9H,6H2,1-2H3,(H2,14,16)(H,15,17)(H,18,19)/t9-/m0/s1. The summed E-state index contributed by atoms with van der Waals surface area (Å²) in [6, 6.07) is 3.04. The Morgan fingerprint density at radius 2 is 1.95 bits per heavy atom. The van der Waals surface area contributed by atoms with Crippen LogP contribution in [0.1, 0.15) is 16.8 Å². The van der Waals surface area contributed by atoms with E-state index in [1.165, 1.54) is 32.4 Å². The summed E-state index contributed by atoms with van der Waals surface area (Å²) in [5.41, 5.74) is 5.06. The molecule has 1 aromatic rings. The molecule has 0 saturated carbocycles. The maximum Gasteiger partial charge on any atom is 0.326 e. The predicted octanol–water partition coefficient (Wildman–Crippen LogP) is -0.238. The van der Waals surface area contributed by atoms with E-state index in [1.54, 1.807) is 0 Å². The molecule has 0 unspecified atom stereocenters. The van der Waals surface area contributed by atoms with Crippen molar-refractivity contribution in [3.05, 3.63) is 23.8 Å². The molecule has 0 aliphatic carbocycles. The number of aliphatic carboxylic acids is 1. The first-order chi connectivity index (χ1) is 9.88. The quantitative estimate of drug-likeness (QED) is 0.637. The number of carbonyl (C=O) groups excluding carboxylic acids is 2. The number of rotatable bonds is 7. The minimum atomic E-state index is -1.40. The van der Waals surface area contributed by atoms with Crippen LogP contribution in [0.3, 0.4) is 0 Å². The van der Waals surface area contributed by atoms with Crippen molar-refractivity contribution in [3.63, 3.8) is 0 Å². The van der Waals surface area contributed by atoms with Crippen LogP contribution >= 0.6 is 0 Å². The lowest BCUT2D eigenvalue weighted by atomic mass is 10.1. The highest BCUT2D eigenvalue weighted by Crippen LogP contribution is 2.24. The summed E-state index contributed by atoms with van der Waals surface area (Å²) in [6.45, 7) is 0. The number of carboxylic acids is 1. The third-order valence-corrected chi connectivity index (χ3v) is 2.66. The molecule has 0 bridgehead atoms. The van der Waals surface area contributed by atoms with Gasteiger partial charge in [0.1, 0.15) is 17.5 Å². The van der Waals surface area contributed by atoms with Crippen molar-refractivity contribution in [2.45, 2.75) is 12.5 Å². The summed E-state index contributed by atoms with van der Waals surface area (Å²) in [4.78, 5) is 33.9. The molecule has 0 saturated heterocycles. The maximum absolute atomic E-state index is 12.1. The number of benzene rings is 1. The van der Waals surface area contributed by atoms with Crippen LogP contribution in [0.4, 0.5) is 0 Å². The maximum atomic E-state index is 12.1. The summed E-state index contributed by atoms with van der Waals surface area (Å²) in [5, 5.41) is 11.2. The molecule has 0 aliphatic rings. The molecule has 1 aromatic carbocycles. The Morgan fingerprint density at radius 1 is 1.29 bits per heavy atom. The number of amides is 2. The van der Waals surface area contributed by atoms with E-state index in [-0.39, 0.29) is 11.3 Å². The van der Waals surface area contributed by atoms with Crippen LogP contribution in [0.15, 0.2) is 18.2 Å². The van der Waals surface area contributed by atoms with Gasteiger partial charge >= 0.3 is 5.97 Å². The molecule has 0 aliphatic heterocycles. The van der Waals surface area contributed by atoms with Crippen LogP contribution in [0.2, 0.25) is 0 Å². The second-order valence-corrected chi connectivity index (χ2v) is 4.10. The molecule has 1 rings (SSSR count). The van der Waals surface area contributed by atoms with Crippen LogP contribution in [0, 0.1) is 0 Å². The average molecular weight is 296 g/mol. The van der Waals surface area contributed by atoms with Gasteiger partial charge in [0, 0.05) is 6.07 Å². The number of ether oxygens (including phenoxy) is 2. The topological polar surface area (TPSA) is 128 Å². The zero-order valence-corrected chi connectivity index (χ0v) is 11.6. The van der Waals surface area contributed by atoms with E-state index in [0.29, 0.717) is 5.75 Å². The molecule has 21 heavy (non-hydrogen) atoms. The molecule has 1 atom stereocenters. The van der Waals surface area contributed by atoms with Crippen LogP contribution < -0.4 is 20.5 Å². The molecule has 114 valence electrons. The molecule has 0 aromatic heterocycles. The van der Waals surface area contributed by atoms with Crippen molar-refractivity contribution in [1.29, 1.82) is 0 Å². The van der Waals surface area contributed by atoms with E-state index in [1.807, 2.05) is 0 Å². The highest BCUT2D eigenvalue weighted by Gasteiger charge is 2.24. The van der Waals surface area contributed by atoms with Crippen molar-refractivity contribution >= 4 is 17.8 Å². The van der Waals surface area contributed by atoms with Gasteiger partial charge in [-0.15, -0.1) is 0 Å². The Hall–Kier alpha value is -2.77. The van der Waals surface area contributed by atoms with Crippen molar-refractivity contribution < 1.29 is 29.0 Å². The molecule has 8 nitrogen and oxygen atoms in total. The first-order valence-electron chi connectivity index (χ1n) is 5.93. The zero-order chi connectivity index (χ0) is 16.0. The Morgan fingerprint density at radius 3 is 2.43 bits per heavy atom. The number of primary amides is 1. The molecular weight excluding hydrogens is 280 g/mol. The Kier molecular flexibility index (Phi) is 5.53. The van der Waals surface area contributed by atoms with Crippen molar-refractivity contribution in [1.82, 2.24) is 5.32 Å². The van der Waals surface area contributed by atoms with Gasteiger partial charge in [0.25, 0.3) is 5.91 Å². The van der Waals surface area contributed by atoms with Crippen LogP contribution in [-0.2, 0) is 9.59 Å². The molecule has 0 radical (unpaired) electrons. The Labute approximate surface area is 120 Å². The van der Waals surface area contributed by atoms with Crippen LogP contribution in [-0.4, -0.2) is 43.2 Å². The minimum absolute atomic E-state index is 0.119. The highest BCUT2D eigenvalue weighted by molar-refractivity contribution is 5.99. The van der Waals surface area contributed by atoms with E-state index in [9.17, 15) is 14.4 Å². The normalized spacial score (nSPS) is 11.3. The number of nitrogens with two attached hydrogens (primary N) is 1. The molecule has 4 N–H and O–H groups in total. The summed E-state index contributed by atoms with van der Waals surface area (Å²) >= 11 is 0. The average Bonchev–Trinajstić information content (AvgIpc) is 2.45. The minimum Gasteiger partial charge on any atom is -0.497 e. The van der Waals surface area contributed by atoms with Gasteiger partial charge in [-0.05, 0) is 12.1 Å². The Bertz CT molecular complexity index is 558. The molecule has 0 heterocycles. The number of carboxylic acid groups (broad SMARTS) is 1. The zero-order valence-electron chi connectivity index (χ0n) is 11.6. The van der Waals surface area contributed by atoms with Gasteiger partial charge in [-0.2, -0.15) is 0 Å². The second kappa shape index (κ2) is 7.13. The number of hydrogen-bond donors (Lipinski definition) is 3. The summed E-state index contributed by atoms with van der Waals surface area (Å²) < 4.78 is 10.0. The van der Waals surface area contributed by atoms with Gasteiger partial charge in [-0.25, -0.2) is 4.79 Å². The van der Waals surface area contributed by atoms with E-state index >= 15 is 0 Å². The summed E-state index contributed by atoms with van der Waals surface area (Å²) in [6.07, 6.45) is -0.500.